The predicted octanol–water partition coefficient (Wildman–Crippen LogP) is -4.91. The lowest BCUT2D eigenvalue weighted by Gasteiger charge is -2.26. The molecule has 6 aromatic rings. The molecule has 374 valence electrons. The minimum Gasteiger partial charge on any atom is -0.387 e. The fraction of sp³-hybridized carbons (Fsp3) is 0.500. The normalized spacial score (nSPS) is 30.4. The fourth-order valence-corrected chi connectivity index (χ4v) is 9.98. The van der Waals surface area contributed by atoms with Crippen LogP contribution in [0, 0.1) is 0 Å². The molecule has 3 aliphatic rings. The molecule has 3 saturated heterocycles. The summed E-state index contributed by atoms with van der Waals surface area (Å²) in [6.45, 7) is -3.22. The maximum Gasteiger partial charge on any atom is 0.472 e. The number of H-pyrrole nitrogens is 2. The smallest absolute Gasteiger partial charge is 0.387 e. The Morgan fingerprint density at radius 1 is 0.565 bits per heavy atom. The van der Waals surface area contributed by atoms with Crippen molar-refractivity contribution >= 4 is 74.7 Å². The van der Waals surface area contributed by atoms with Gasteiger partial charge in [-0.05, 0) is 0 Å². The van der Waals surface area contributed by atoms with Gasteiger partial charge in [-0.25, -0.2) is 38.6 Å². The number of phosphoric ester groups is 3. The molecule has 14 atom stereocenters. The van der Waals surface area contributed by atoms with E-state index in [0.717, 1.165) is 28.1 Å². The molecule has 0 radical (unpaired) electrons. The summed E-state index contributed by atoms with van der Waals surface area (Å²) in [5.41, 5.74) is 14.7. The Bertz CT molecular complexity index is 3180. The summed E-state index contributed by atoms with van der Waals surface area (Å²) in [4.78, 5) is 97.9. The SMILES string of the molecule is Nc1nc2c(ncn2[C@@H]2O[C@H](COP(=O)(O)O)[C@@H](OP(=O)(O)OC[C@H]3O[C@@H](n4cnc5c(=O)[nH]c(N)nc54)[C@H](O)[C@@H]3OP(=O)(O)OC[C@H]3O[C@@H](n4cnc5c(N)ncnc54)[C@H](O)[C@@H]3O)[C@H]2O)c(=O)[nH]1. The van der Waals surface area contributed by atoms with Gasteiger partial charge in [-0.2, -0.15) is 9.97 Å². The van der Waals surface area contributed by atoms with Crippen molar-refractivity contribution in [1.82, 2.24) is 58.6 Å². The van der Waals surface area contributed by atoms with E-state index in [0.29, 0.717) is 0 Å². The van der Waals surface area contributed by atoms with Gasteiger partial charge in [0.05, 0.1) is 38.8 Å². The summed E-state index contributed by atoms with van der Waals surface area (Å²) >= 11 is 0. The number of nitrogen functional groups attached to an aromatic ring is 3. The van der Waals surface area contributed by atoms with Gasteiger partial charge in [0.1, 0.15) is 66.8 Å². The van der Waals surface area contributed by atoms with Gasteiger partial charge >= 0.3 is 23.5 Å². The first-order valence-electron chi connectivity index (χ1n) is 19.6. The Labute approximate surface area is 380 Å². The number of nitrogens with zero attached hydrogens (tertiary/aromatic N) is 10. The number of aliphatic hydroxyl groups is 4. The monoisotopic (exact) mass is 1040 g/mol. The number of phosphoric acid groups is 3. The van der Waals surface area contributed by atoms with E-state index in [4.69, 9.17) is 49.5 Å². The van der Waals surface area contributed by atoms with Crippen molar-refractivity contribution in [2.45, 2.75) is 73.6 Å². The minimum absolute atomic E-state index is 0.000522. The van der Waals surface area contributed by atoms with Crippen LogP contribution in [-0.2, 0) is 50.5 Å². The highest BCUT2D eigenvalue weighted by atomic mass is 31.2. The Hall–Kier alpha value is -5.30. The second-order valence-corrected chi connectivity index (χ2v) is 19.3. The summed E-state index contributed by atoms with van der Waals surface area (Å²) in [6, 6.07) is 0. The maximum atomic E-state index is 13.7. The number of ether oxygens (including phenoxy) is 3. The zero-order valence-corrected chi connectivity index (χ0v) is 37.0. The Morgan fingerprint density at radius 3 is 1.48 bits per heavy atom. The van der Waals surface area contributed by atoms with E-state index in [1.165, 1.54) is 10.9 Å². The molecule has 0 saturated carbocycles. The average molecular weight is 1040 g/mol. The number of aliphatic hydroxyl groups excluding tert-OH is 4. The molecule has 0 aliphatic carbocycles. The first-order chi connectivity index (χ1) is 32.5. The Kier molecular flexibility index (Phi) is 12.8. The van der Waals surface area contributed by atoms with Gasteiger partial charge in [0.25, 0.3) is 11.1 Å². The summed E-state index contributed by atoms with van der Waals surface area (Å²) in [5.74, 6) is -0.784. The van der Waals surface area contributed by atoms with Gasteiger partial charge < -0.3 is 71.4 Å². The number of fused-ring (bicyclic) bond motifs is 3. The molecule has 0 amide bonds. The highest BCUT2D eigenvalue weighted by molar-refractivity contribution is 7.47. The molecule has 0 aromatic carbocycles. The Morgan fingerprint density at radius 2 is 0.986 bits per heavy atom. The lowest BCUT2D eigenvalue weighted by atomic mass is 10.1. The summed E-state index contributed by atoms with van der Waals surface area (Å²) < 4.78 is 84.8. The summed E-state index contributed by atoms with van der Waals surface area (Å²) in [6.07, 6.45) is -17.4. The van der Waals surface area contributed by atoms with Crippen molar-refractivity contribution in [3.8, 4) is 0 Å². The molecule has 3 aliphatic heterocycles. The lowest BCUT2D eigenvalue weighted by Crippen LogP contribution is -2.38. The number of aromatic nitrogens is 12. The van der Waals surface area contributed by atoms with Gasteiger partial charge in [-0.3, -0.25) is 55.9 Å². The molecule has 6 aromatic heterocycles. The van der Waals surface area contributed by atoms with E-state index in [2.05, 4.69) is 49.4 Å². The average Bonchev–Trinajstić information content (AvgIpc) is 4.13. The van der Waals surface area contributed by atoms with Crippen LogP contribution in [0.4, 0.5) is 17.7 Å². The van der Waals surface area contributed by atoms with Crippen molar-refractivity contribution in [1.29, 1.82) is 0 Å². The quantitative estimate of drug-likeness (QED) is 0.0404. The van der Waals surface area contributed by atoms with E-state index in [9.17, 15) is 63.3 Å². The van der Waals surface area contributed by atoms with Crippen LogP contribution in [0.5, 0.6) is 0 Å². The molecular formula is C30H38N15O21P3. The lowest BCUT2D eigenvalue weighted by molar-refractivity contribution is -0.0616. The van der Waals surface area contributed by atoms with Gasteiger partial charge in [-0.1, -0.05) is 0 Å². The number of rotatable bonds is 16. The number of hydrogen-bond donors (Lipinski definition) is 13. The van der Waals surface area contributed by atoms with Crippen LogP contribution in [0.15, 0.2) is 34.9 Å². The largest absolute Gasteiger partial charge is 0.472 e. The van der Waals surface area contributed by atoms with E-state index in [-0.39, 0.29) is 45.3 Å². The number of imidazole rings is 3. The first-order valence-corrected chi connectivity index (χ1v) is 24.1. The van der Waals surface area contributed by atoms with Crippen LogP contribution in [0.25, 0.3) is 33.5 Å². The third kappa shape index (κ3) is 9.53. The molecule has 2 unspecified atom stereocenters. The van der Waals surface area contributed by atoms with Crippen molar-refractivity contribution < 1.29 is 90.5 Å². The van der Waals surface area contributed by atoms with Crippen molar-refractivity contribution in [3.63, 3.8) is 0 Å². The topological polar surface area (TPSA) is 536 Å². The molecule has 69 heavy (non-hydrogen) atoms. The predicted molar refractivity (Wildman–Crippen MR) is 220 cm³/mol. The molecule has 0 bridgehead atoms. The molecule has 9 rings (SSSR count). The fourth-order valence-electron chi connectivity index (χ4n) is 7.71. The minimum atomic E-state index is -5.58. The van der Waals surface area contributed by atoms with E-state index in [1.807, 2.05) is 0 Å². The number of aromatic amines is 2. The van der Waals surface area contributed by atoms with Gasteiger partial charge in [0.2, 0.25) is 11.9 Å². The number of anilines is 3. The summed E-state index contributed by atoms with van der Waals surface area (Å²) in [7, 11) is -16.3. The van der Waals surface area contributed by atoms with E-state index >= 15 is 0 Å². The van der Waals surface area contributed by atoms with Crippen LogP contribution in [-0.4, -0.2) is 173 Å². The van der Waals surface area contributed by atoms with Crippen LogP contribution >= 0.6 is 23.5 Å². The van der Waals surface area contributed by atoms with Crippen molar-refractivity contribution in [3.05, 3.63) is 46.0 Å². The van der Waals surface area contributed by atoms with Crippen LogP contribution in [0.3, 0.4) is 0 Å². The third-order valence-corrected chi connectivity index (χ3v) is 13.2. The van der Waals surface area contributed by atoms with Crippen LogP contribution in [0.2, 0.25) is 0 Å². The first kappa shape index (κ1) is 48.7. The standard InChI is InChI=1S/C30H38N15O21P3/c31-20-11-21(35-4-34-20)43(5-36-11)26-15(47)14(46)8(62-26)1-60-68(55,56)66-19-10(64-28(17(19)49)45-7-38-13-23(45)40-30(33)42-25(13)51)3-61-69(57,58)65-18-9(2-59-67(52,53)54)63-27(16(18)48)44-6-37-12-22(44)39-29(32)41-24(12)50/h4-10,14-19,26-28,46-49H,1-3H2,(H,55,56)(H,57,58)(H2,31,34,35)(H2,52,53,54)(H3,32,39,41,50)(H3,33,40,42,51)/t8-,9-,10-,14-,15-,16-,17-,18-,19-,26-,27-,28-/m1/s1. The molecule has 9 heterocycles. The highest BCUT2D eigenvalue weighted by Crippen LogP contribution is 2.53. The molecule has 0 spiro atoms. The Balaban J connectivity index is 0.939. The number of nitrogens with two attached hydrogens (primary N) is 3. The molecule has 36 nitrogen and oxygen atoms in total. The van der Waals surface area contributed by atoms with Crippen molar-refractivity contribution in [2.24, 2.45) is 0 Å². The van der Waals surface area contributed by atoms with Crippen molar-refractivity contribution in [2.75, 3.05) is 37.0 Å². The maximum absolute atomic E-state index is 13.7. The van der Waals surface area contributed by atoms with Gasteiger partial charge in [0.15, 0.2) is 52.5 Å². The number of hydrogen-bond acceptors (Lipinski definition) is 27. The molecular weight excluding hydrogens is 999 g/mol. The van der Waals surface area contributed by atoms with E-state index in [1.54, 1.807) is 0 Å². The second-order valence-electron chi connectivity index (χ2n) is 15.2. The molecule has 16 N–H and O–H groups in total. The highest BCUT2D eigenvalue weighted by Gasteiger charge is 2.53. The second kappa shape index (κ2) is 18.1. The molecule has 3 fully saturated rings. The van der Waals surface area contributed by atoms with Crippen LogP contribution in [0.1, 0.15) is 18.7 Å². The zero-order chi connectivity index (χ0) is 49.5. The molecule has 39 heteroatoms. The summed E-state index contributed by atoms with van der Waals surface area (Å²) in [5, 5.41) is 44.6. The zero-order valence-electron chi connectivity index (χ0n) is 34.3. The number of nitrogens with one attached hydrogen (secondary N) is 2. The van der Waals surface area contributed by atoms with Crippen LogP contribution < -0.4 is 28.3 Å². The third-order valence-electron chi connectivity index (χ3n) is 10.8. The van der Waals surface area contributed by atoms with Gasteiger partial charge in [-0.15, -0.1) is 0 Å². The van der Waals surface area contributed by atoms with Gasteiger partial charge in [0, 0.05) is 0 Å². The van der Waals surface area contributed by atoms with E-state index < -0.39 is 134 Å².